The highest BCUT2D eigenvalue weighted by atomic mass is 127. The van der Waals surface area contributed by atoms with Crippen molar-refractivity contribution >= 4 is 62.5 Å². The summed E-state index contributed by atoms with van der Waals surface area (Å²) in [6, 6.07) is 10.3. The molecule has 1 heterocycles. The van der Waals surface area contributed by atoms with E-state index in [1.165, 1.54) is 14.2 Å². The largest absolute Gasteiger partial charge is 0.493 e. The molecule has 1 aliphatic rings. The van der Waals surface area contributed by atoms with Crippen LogP contribution in [0.1, 0.15) is 11.1 Å². The monoisotopic (exact) mass is 600 g/mol. The van der Waals surface area contributed by atoms with E-state index in [0.29, 0.717) is 20.6 Å². The first-order valence-electron chi connectivity index (χ1n) is 8.98. The maximum absolute atomic E-state index is 12.8. The molecule has 2 aromatic rings. The van der Waals surface area contributed by atoms with Gasteiger partial charge >= 0.3 is 12.0 Å². The smallest absolute Gasteiger partial charge is 0.343 e. The van der Waals surface area contributed by atoms with Gasteiger partial charge in [-0.25, -0.2) is 9.59 Å². The number of carbonyl (C=O) groups is 3. The second-order valence-corrected chi connectivity index (χ2v) is 8.48. The molecule has 1 saturated heterocycles. The number of imide groups is 1. The van der Waals surface area contributed by atoms with E-state index < -0.39 is 17.9 Å². The van der Waals surface area contributed by atoms with Gasteiger partial charge in [0.25, 0.3) is 5.91 Å². The van der Waals surface area contributed by atoms with E-state index >= 15 is 0 Å². The van der Waals surface area contributed by atoms with E-state index in [1.54, 1.807) is 18.2 Å². The molecule has 0 aromatic heterocycles. The molecule has 2 aromatic carbocycles. The number of ether oxygens (including phenoxy) is 3. The van der Waals surface area contributed by atoms with E-state index in [0.717, 1.165) is 14.9 Å². The maximum atomic E-state index is 12.8. The Morgan fingerprint density at radius 2 is 1.90 bits per heavy atom. The molecular formula is C21H18BrIN2O6. The van der Waals surface area contributed by atoms with Crippen LogP contribution in [0.5, 0.6) is 11.5 Å². The van der Waals surface area contributed by atoms with Crippen molar-refractivity contribution in [3.8, 4) is 11.5 Å². The number of carbonyl (C=O) groups excluding carboxylic acids is 3. The average molecular weight is 601 g/mol. The Labute approximate surface area is 200 Å². The Balaban J connectivity index is 1.81. The molecule has 0 unspecified atom stereocenters. The first kappa shape index (κ1) is 23.1. The van der Waals surface area contributed by atoms with Crippen molar-refractivity contribution in [1.29, 1.82) is 0 Å². The van der Waals surface area contributed by atoms with Crippen LogP contribution in [-0.4, -0.2) is 43.6 Å². The third-order valence-electron chi connectivity index (χ3n) is 4.34. The molecular weight excluding hydrogens is 583 g/mol. The molecule has 1 aliphatic heterocycles. The third kappa shape index (κ3) is 5.56. The summed E-state index contributed by atoms with van der Waals surface area (Å²) in [6.07, 6.45) is 1.57. The Morgan fingerprint density at radius 1 is 1.19 bits per heavy atom. The number of hydrogen-bond donors (Lipinski definition) is 1. The van der Waals surface area contributed by atoms with Gasteiger partial charge in [0, 0.05) is 4.47 Å². The maximum Gasteiger partial charge on any atom is 0.343 e. The van der Waals surface area contributed by atoms with Gasteiger partial charge in [0.15, 0.2) is 18.1 Å². The molecule has 10 heteroatoms. The van der Waals surface area contributed by atoms with Gasteiger partial charge < -0.3 is 19.5 Å². The molecule has 0 atom stereocenters. The summed E-state index contributed by atoms with van der Waals surface area (Å²) >= 11 is 5.40. The number of halogens is 2. The number of urea groups is 1. The Kier molecular flexibility index (Phi) is 7.55. The molecule has 3 amide bonds. The Morgan fingerprint density at radius 3 is 2.55 bits per heavy atom. The lowest BCUT2D eigenvalue weighted by molar-refractivity contribution is -0.143. The fourth-order valence-electron chi connectivity index (χ4n) is 2.81. The highest BCUT2D eigenvalue weighted by Crippen LogP contribution is 2.35. The highest BCUT2D eigenvalue weighted by Gasteiger charge is 2.33. The number of nitrogens with zero attached hydrogens (tertiary/aromatic N) is 1. The zero-order valence-corrected chi connectivity index (χ0v) is 20.4. The van der Waals surface area contributed by atoms with E-state index in [9.17, 15) is 14.4 Å². The lowest BCUT2D eigenvalue weighted by Crippen LogP contribution is -2.30. The molecule has 0 saturated carbocycles. The summed E-state index contributed by atoms with van der Waals surface area (Å²) in [5.41, 5.74) is 1.61. The molecule has 1 N–H and O–H groups in total. The van der Waals surface area contributed by atoms with Crippen molar-refractivity contribution in [2.75, 3.05) is 20.8 Å². The first-order chi connectivity index (χ1) is 14.8. The number of esters is 1. The van der Waals surface area contributed by atoms with Crippen LogP contribution in [0, 0.1) is 3.57 Å². The van der Waals surface area contributed by atoms with E-state index in [1.807, 2.05) is 46.9 Å². The molecule has 0 bridgehead atoms. The van der Waals surface area contributed by atoms with Crippen LogP contribution in [0.25, 0.3) is 6.08 Å². The minimum absolute atomic E-state index is 0.156. The molecule has 162 valence electrons. The van der Waals surface area contributed by atoms with Crippen molar-refractivity contribution in [3.05, 3.63) is 61.3 Å². The summed E-state index contributed by atoms with van der Waals surface area (Å²) in [5, 5.41) is 2.61. The first-order valence-corrected chi connectivity index (χ1v) is 10.9. The normalized spacial score (nSPS) is 14.6. The van der Waals surface area contributed by atoms with E-state index in [-0.39, 0.29) is 18.8 Å². The predicted octanol–water partition coefficient (Wildman–Crippen LogP) is 3.71. The second kappa shape index (κ2) is 10.1. The number of amides is 3. The summed E-state index contributed by atoms with van der Waals surface area (Å²) in [6.45, 7) is -0.0979. The minimum Gasteiger partial charge on any atom is -0.493 e. The van der Waals surface area contributed by atoms with Crippen LogP contribution in [0.3, 0.4) is 0 Å². The number of rotatable bonds is 7. The minimum atomic E-state index is -0.519. The van der Waals surface area contributed by atoms with E-state index in [2.05, 4.69) is 26.0 Å². The lowest BCUT2D eigenvalue weighted by Gasteiger charge is -2.13. The fraction of sp³-hybridized carbons (Fsp3) is 0.190. The molecule has 0 radical (unpaired) electrons. The summed E-state index contributed by atoms with van der Waals surface area (Å²) in [4.78, 5) is 37.6. The van der Waals surface area contributed by atoms with Crippen molar-refractivity contribution in [2.24, 2.45) is 0 Å². The zero-order valence-electron chi connectivity index (χ0n) is 16.6. The number of nitrogens with one attached hydrogen (secondary N) is 1. The molecule has 1 fully saturated rings. The summed E-state index contributed by atoms with van der Waals surface area (Å²) in [5.74, 6) is -0.178. The van der Waals surface area contributed by atoms with Crippen LogP contribution in [0.15, 0.2) is 46.6 Å². The van der Waals surface area contributed by atoms with Crippen LogP contribution < -0.4 is 14.8 Å². The van der Waals surface area contributed by atoms with Crippen molar-refractivity contribution in [2.45, 2.75) is 6.54 Å². The molecule has 3 rings (SSSR count). The van der Waals surface area contributed by atoms with Crippen LogP contribution >= 0.6 is 38.5 Å². The Hall–Kier alpha value is -2.60. The fourth-order valence-corrected chi connectivity index (χ4v) is 3.85. The summed E-state index contributed by atoms with van der Waals surface area (Å²) < 4.78 is 17.0. The summed E-state index contributed by atoms with van der Waals surface area (Å²) in [7, 11) is 2.74. The van der Waals surface area contributed by atoms with Gasteiger partial charge in [0.05, 0.1) is 24.3 Å². The molecule has 31 heavy (non-hydrogen) atoms. The average Bonchev–Trinajstić information content (AvgIpc) is 3.01. The topological polar surface area (TPSA) is 94.2 Å². The SMILES string of the molecule is COC(=O)COc1c(I)cc(/C=C2/NC(=O)N(Cc3ccc(Br)cc3)C2=O)cc1OC. The molecule has 0 aliphatic carbocycles. The van der Waals surface area contributed by atoms with Crippen molar-refractivity contribution < 1.29 is 28.6 Å². The van der Waals surface area contributed by atoms with E-state index in [4.69, 9.17) is 9.47 Å². The molecule has 0 spiro atoms. The molecule has 8 nitrogen and oxygen atoms in total. The van der Waals surface area contributed by atoms with Gasteiger partial charge in [-0.15, -0.1) is 0 Å². The predicted molar refractivity (Wildman–Crippen MR) is 124 cm³/mol. The van der Waals surface area contributed by atoms with Crippen LogP contribution in [-0.2, 0) is 20.9 Å². The third-order valence-corrected chi connectivity index (χ3v) is 5.67. The van der Waals surface area contributed by atoms with Gasteiger partial charge in [-0.3, -0.25) is 9.69 Å². The second-order valence-electron chi connectivity index (χ2n) is 6.40. The van der Waals surface area contributed by atoms with Crippen molar-refractivity contribution in [3.63, 3.8) is 0 Å². The van der Waals surface area contributed by atoms with Crippen molar-refractivity contribution in [1.82, 2.24) is 10.2 Å². The number of methoxy groups -OCH3 is 2. The highest BCUT2D eigenvalue weighted by molar-refractivity contribution is 14.1. The lowest BCUT2D eigenvalue weighted by atomic mass is 10.1. The Bertz CT molecular complexity index is 1050. The standard InChI is InChI=1S/C21H18BrIN2O6/c1-29-17-9-13(7-15(23)19(17)31-11-18(26)30-2)8-16-20(27)25(21(28)24-16)10-12-3-5-14(22)6-4-12/h3-9H,10-11H2,1-2H3,(H,24,28)/b16-8+. The van der Waals surface area contributed by atoms with Gasteiger partial charge in [-0.1, -0.05) is 28.1 Å². The quantitative estimate of drug-likeness (QED) is 0.225. The number of benzene rings is 2. The van der Waals surface area contributed by atoms with Crippen LogP contribution in [0.4, 0.5) is 4.79 Å². The van der Waals surface area contributed by atoms with Crippen LogP contribution in [0.2, 0.25) is 0 Å². The van der Waals surface area contributed by atoms with Gasteiger partial charge in [0.1, 0.15) is 5.70 Å². The van der Waals surface area contributed by atoms with Gasteiger partial charge in [0.2, 0.25) is 0 Å². The van der Waals surface area contributed by atoms with Gasteiger partial charge in [-0.05, 0) is 64.1 Å². The van der Waals surface area contributed by atoms with Gasteiger partial charge in [-0.2, -0.15) is 0 Å². The zero-order chi connectivity index (χ0) is 22.5. The number of hydrogen-bond acceptors (Lipinski definition) is 6.